The van der Waals surface area contributed by atoms with Crippen LogP contribution in [0.2, 0.25) is 0 Å². The second kappa shape index (κ2) is 7.61. The second-order valence-corrected chi connectivity index (χ2v) is 7.14. The quantitative estimate of drug-likeness (QED) is 0.512. The number of nitrogens with one attached hydrogen (secondary N) is 1. The van der Waals surface area contributed by atoms with Crippen LogP contribution in [0.4, 0.5) is 0 Å². The van der Waals surface area contributed by atoms with E-state index >= 15 is 0 Å². The number of rotatable bonds is 5. The fraction of sp³-hybridized carbons (Fsp3) is 0.250. The first kappa shape index (κ1) is 18.6. The molecule has 0 aromatic carbocycles. The SMILES string of the molecule is COC(=O)c1sc2nc(/C(Cl)=C/c3cnn(CCCl)c3)[nH]c(=O)c2c1C. The van der Waals surface area contributed by atoms with Crippen LogP contribution in [0, 0.1) is 6.92 Å². The molecule has 3 aromatic rings. The maximum Gasteiger partial charge on any atom is 0.348 e. The smallest absolute Gasteiger partial charge is 0.348 e. The molecule has 3 aromatic heterocycles. The van der Waals surface area contributed by atoms with E-state index in [9.17, 15) is 9.59 Å². The topological polar surface area (TPSA) is 89.9 Å². The number of carbonyl (C=O) groups is 1. The lowest BCUT2D eigenvalue weighted by molar-refractivity contribution is 0.0605. The molecule has 7 nitrogen and oxygen atoms in total. The third-order valence-electron chi connectivity index (χ3n) is 3.66. The number of halogens is 2. The lowest BCUT2D eigenvalue weighted by Crippen LogP contribution is -2.10. The lowest BCUT2D eigenvalue weighted by atomic mass is 10.2. The summed E-state index contributed by atoms with van der Waals surface area (Å²) < 4.78 is 6.43. The molecule has 3 heterocycles. The minimum Gasteiger partial charge on any atom is -0.465 e. The van der Waals surface area contributed by atoms with Gasteiger partial charge in [-0.15, -0.1) is 22.9 Å². The molecule has 10 heteroatoms. The molecule has 0 unspecified atom stereocenters. The van der Waals surface area contributed by atoms with E-state index in [1.54, 1.807) is 30.1 Å². The summed E-state index contributed by atoms with van der Waals surface area (Å²) in [7, 11) is 1.29. The van der Waals surface area contributed by atoms with Crippen LogP contribution in [0.15, 0.2) is 17.2 Å². The van der Waals surface area contributed by atoms with Gasteiger partial charge in [0.1, 0.15) is 9.71 Å². The Bertz CT molecular complexity index is 1070. The van der Waals surface area contributed by atoms with Gasteiger partial charge in [0.25, 0.3) is 5.56 Å². The van der Waals surface area contributed by atoms with Gasteiger partial charge in [0.15, 0.2) is 5.82 Å². The van der Waals surface area contributed by atoms with Crippen molar-refractivity contribution in [2.75, 3.05) is 13.0 Å². The van der Waals surface area contributed by atoms with Gasteiger partial charge in [-0.1, -0.05) is 11.6 Å². The number of aryl methyl sites for hydroxylation is 2. The fourth-order valence-corrected chi connectivity index (χ4v) is 3.91. The Hall–Kier alpha value is -2.16. The number of aromatic nitrogens is 4. The molecule has 136 valence electrons. The molecule has 0 radical (unpaired) electrons. The van der Waals surface area contributed by atoms with E-state index in [4.69, 9.17) is 27.9 Å². The highest BCUT2D eigenvalue weighted by Gasteiger charge is 2.20. The summed E-state index contributed by atoms with van der Waals surface area (Å²) in [6.45, 7) is 2.27. The Morgan fingerprint density at radius 2 is 2.27 bits per heavy atom. The van der Waals surface area contributed by atoms with Crippen LogP contribution in [0.5, 0.6) is 0 Å². The van der Waals surface area contributed by atoms with E-state index in [0.717, 1.165) is 16.9 Å². The van der Waals surface area contributed by atoms with Crippen molar-refractivity contribution in [2.45, 2.75) is 13.5 Å². The van der Waals surface area contributed by atoms with Crippen molar-refractivity contribution in [3.63, 3.8) is 0 Å². The molecule has 0 saturated heterocycles. The van der Waals surface area contributed by atoms with Crippen molar-refractivity contribution >= 4 is 61.8 Å². The number of methoxy groups -OCH3 is 1. The zero-order valence-corrected chi connectivity index (χ0v) is 16.2. The first-order chi connectivity index (χ1) is 12.4. The summed E-state index contributed by atoms with van der Waals surface area (Å²) >= 11 is 13.1. The Labute approximate surface area is 162 Å². The predicted octanol–water partition coefficient (Wildman–Crippen LogP) is 3.25. The normalized spacial score (nSPS) is 11.9. The highest BCUT2D eigenvalue weighted by Crippen LogP contribution is 2.29. The fourth-order valence-electron chi connectivity index (χ4n) is 2.42. The Balaban J connectivity index is 2.03. The Morgan fingerprint density at radius 1 is 1.50 bits per heavy atom. The highest BCUT2D eigenvalue weighted by molar-refractivity contribution is 7.20. The third kappa shape index (κ3) is 3.53. The van der Waals surface area contributed by atoms with E-state index in [2.05, 4.69) is 15.1 Å². The van der Waals surface area contributed by atoms with Gasteiger partial charge in [0.05, 0.1) is 30.3 Å². The first-order valence-corrected chi connectivity index (χ1v) is 9.25. The summed E-state index contributed by atoms with van der Waals surface area (Å²) in [5.74, 6) is 0.163. The molecule has 0 bridgehead atoms. The molecule has 0 saturated carbocycles. The first-order valence-electron chi connectivity index (χ1n) is 7.52. The van der Waals surface area contributed by atoms with Gasteiger partial charge in [-0.3, -0.25) is 9.48 Å². The summed E-state index contributed by atoms with van der Waals surface area (Å²) in [6, 6.07) is 0. The van der Waals surface area contributed by atoms with Gasteiger partial charge in [-0.2, -0.15) is 5.10 Å². The molecule has 1 N–H and O–H groups in total. The predicted molar refractivity (Wildman–Crippen MR) is 103 cm³/mol. The van der Waals surface area contributed by atoms with Crippen molar-refractivity contribution in [1.29, 1.82) is 0 Å². The van der Waals surface area contributed by atoms with Gasteiger partial charge < -0.3 is 9.72 Å². The van der Waals surface area contributed by atoms with Crippen LogP contribution < -0.4 is 5.56 Å². The number of alkyl halides is 1. The second-order valence-electron chi connectivity index (χ2n) is 5.36. The number of esters is 1. The third-order valence-corrected chi connectivity index (χ3v) is 5.28. The number of aromatic amines is 1. The number of carbonyl (C=O) groups excluding carboxylic acids is 1. The van der Waals surface area contributed by atoms with E-state index in [1.807, 2.05) is 0 Å². The van der Waals surface area contributed by atoms with E-state index in [1.165, 1.54) is 7.11 Å². The van der Waals surface area contributed by atoms with E-state index in [0.29, 0.717) is 33.1 Å². The monoisotopic (exact) mass is 412 g/mol. The minimum absolute atomic E-state index is 0.215. The number of hydrogen-bond donors (Lipinski definition) is 1. The van der Waals surface area contributed by atoms with Crippen LogP contribution in [-0.4, -0.2) is 38.7 Å². The molecule has 26 heavy (non-hydrogen) atoms. The van der Waals surface area contributed by atoms with E-state index in [-0.39, 0.29) is 16.4 Å². The summed E-state index contributed by atoms with van der Waals surface area (Å²) in [4.78, 5) is 32.1. The average Bonchev–Trinajstić information content (AvgIpc) is 3.19. The van der Waals surface area contributed by atoms with Crippen LogP contribution in [-0.2, 0) is 11.3 Å². The molecular weight excluding hydrogens is 399 g/mol. The molecule has 0 spiro atoms. The van der Waals surface area contributed by atoms with Crippen molar-refractivity contribution in [2.24, 2.45) is 0 Å². The number of fused-ring (bicyclic) bond motifs is 1. The lowest BCUT2D eigenvalue weighted by Gasteiger charge is -1.99. The van der Waals surface area contributed by atoms with Gasteiger partial charge in [0.2, 0.25) is 0 Å². The minimum atomic E-state index is -0.500. The molecule has 0 aliphatic heterocycles. The van der Waals surface area contributed by atoms with Crippen molar-refractivity contribution < 1.29 is 9.53 Å². The zero-order valence-electron chi connectivity index (χ0n) is 13.9. The van der Waals surface area contributed by atoms with E-state index < -0.39 is 5.97 Å². The summed E-state index contributed by atoms with van der Waals surface area (Å²) in [6.07, 6.45) is 5.06. The molecular formula is C16H14Cl2N4O3S. The average molecular weight is 413 g/mol. The van der Waals surface area contributed by atoms with Gasteiger partial charge in [-0.05, 0) is 18.6 Å². The van der Waals surface area contributed by atoms with Gasteiger partial charge in [-0.25, -0.2) is 9.78 Å². The van der Waals surface area contributed by atoms with Crippen molar-refractivity contribution in [3.8, 4) is 0 Å². The molecule has 3 rings (SSSR count). The number of hydrogen-bond acceptors (Lipinski definition) is 6. The molecule has 0 atom stereocenters. The molecule has 0 amide bonds. The van der Waals surface area contributed by atoms with Crippen LogP contribution >= 0.6 is 34.5 Å². The Kier molecular flexibility index (Phi) is 5.45. The standard InChI is InChI=1S/C16H14Cl2N4O3S/c1-8-11-14(23)20-13(21-15(11)26-12(8)16(24)25-2)10(18)5-9-6-19-22(7-9)4-3-17/h5-7H,3-4H2,1-2H3,(H,20,21,23)/b10-5-. The van der Waals surface area contributed by atoms with Crippen molar-refractivity contribution in [1.82, 2.24) is 19.7 Å². The number of ether oxygens (including phenoxy) is 1. The van der Waals surface area contributed by atoms with Crippen LogP contribution in [0.25, 0.3) is 21.3 Å². The Morgan fingerprint density at radius 3 is 2.96 bits per heavy atom. The zero-order chi connectivity index (χ0) is 18.8. The summed E-state index contributed by atoms with van der Waals surface area (Å²) in [5, 5.41) is 4.76. The molecule has 0 aliphatic carbocycles. The maximum atomic E-state index is 12.4. The van der Waals surface area contributed by atoms with Gasteiger partial charge in [0, 0.05) is 17.6 Å². The number of nitrogens with zero attached hydrogens (tertiary/aromatic N) is 3. The molecule has 0 aliphatic rings. The van der Waals surface area contributed by atoms with Gasteiger partial charge >= 0.3 is 5.97 Å². The van der Waals surface area contributed by atoms with Crippen molar-refractivity contribution in [3.05, 3.63) is 44.6 Å². The summed E-state index contributed by atoms with van der Waals surface area (Å²) in [5.41, 5.74) is 0.929. The maximum absolute atomic E-state index is 12.4. The number of thiophene rings is 1. The highest BCUT2D eigenvalue weighted by atomic mass is 35.5. The molecule has 0 fully saturated rings. The van der Waals surface area contributed by atoms with Crippen LogP contribution in [0.1, 0.15) is 26.6 Å². The number of H-pyrrole nitrogens is 1. The van der Waals surface area contributed by atoms with Crippen LogP contribution in [0.3, 0.4) is 0 Å². The largest absolute Gasteiger partial charge is 0.465 e.